The first-order chi connectivity index (χ1) is 8.35. The van der Waals surface area contributed by atoms with Gasteiger partial charge >= 0.3 is 5.97 Å². The minimum Gasteiger partial charge on any atom is -0.481 e. The van der Waals surface area contributed by atoms with Crippen LogP contribution in [0.1, 0.15) is 31.7 Å². The van der Waals surface area contributed by atoms with Gasteiger partial charge < -0.3 is 9.52 Å². The minimum atomic E-state index is -0.767. The molecule has 0 saturated carbocycles. The Labute approximate surface area is 106 Å². The van der Waals surface area contributed by atoms with Crippen LogP contribution in [0.2, 0.25) is 0 Å². The summed E-state index contributed by atoms with van der Waals surface area (Å²) in [6.45, 7) is 5.72. The van der Waals surface area contributed by atoms with Crippen LogP contribution in [0.4, 0.5) is 0 Å². The number of benzene rings is 1. The Morgan fingerprint density at radius 3 is 2.83 bits per heavy atom. The van der Waals surface area contributed by atoms with Crippen LogP contribution >= 0.6 is 0 Å². The standard InChI is InChI=1S/C14H17NO3/c1-9-15-11-5-4-10(6-12(11)18-9)7-14(2,3)8-13(16)17/h4-6H,7-8H2,1-3H3,(H,16,17). The Bertz CT molecular complexity index is 584. The maximum atomic E-state index is 10.8. The molecule has 96 valence electrons. The lowest BCUT2D eigenvalue weighted by molar-refractivity contribution is -0.139. The average molecular weight is 247 g/mol. The van der Waals surface area contributed by atoms with Crippen LogP contribution < -0.4 is 0 Å². The zero-order valence-electron chi connectivity index (χ0n) is 10.9. The first-order valence-electron chi connectivity index (χ1n) is 5.94. The zero-order chi connectivity index (χ0) is 13.3. The van der Waals surface area contributed by atoms with Gasteiger partial charge in [-0.25, -0.2) is 4.98 Å². The largest absolute Gasteiger partial charge is 0.481 e. The van der Waals surface area contributed by atoms with E-state index in [-0.39, 0.29) is 11.8 Å². The molecule has 4 heteroatoms. The zero-order valence-corrected chi connectivity index (χ0v) is 10.9. The number of fused-ring (bicyclic) bond motifs is 1. The van der Waals surface area contributed by atoms with Crippen LogP contribution in [0, 0.1) is 12.3 Å². The van der Waals surface area contributed by atoms with Crippen molar-refractivity contribution >= 4 is 17.1 Å². The molecule has 0 atom stereocenters. The van der Waals surface area contributed by atoms with Gasteiger partial charge in [0.25, 0.3) is 0 Å². The van der Waals surface area contributed by atoms with E-state index in [0.29, 0.717) is 12.3 Å². The fourth-order valence-corrected chi connectivity index (χ4v) is 2.22. The Balaban J connectivity index is 2.23. The molecule has 1 N–H and O–H groups in total. The van der Waals surface area contributed by atoms with Gasteiger partial charge in [0.2, 0.25) is 0 Å². The second-order valence-electron chi connectivity index (χ2n) is 5.45. The number of aromatic nitrogens is 1. The third kappa shape index (κ3) is 2.88. The molecule has 0 bridgehead atoms. The summed E-state index contributed by atoms with van der Waals surface area (Å²) in [6, 6.07) is 5.84. The molecule has 0 fully saturated rings. The summed E-state index contributed by atoms with van der Waals surface area (Å²) in [6.07, 6.45) is 0.857. The van der Waals surface area contributed by atoms with Crippen LogP contribution in [0.3, 0.4) is 0 Å². The van der Waals surface area contributed by atoms with Gasteiger partial charge in [-0.15, -0.1) is 0 Å². The predicted octanol–water partition coefficient (Wildman–Crippen LogP) is 3.18. The van der Waals surface area contributed by atoms with Crippen molar-refractivity contribution < 1.29 is 14.3 Å². The van der Waals surface area contributed by atoms with Crippen LogP contribution in [-0.4, -0.2) is 16.1 Å². The number of carboxylic acid groups (broad SMARTS) is 1. The maximum absolute atomic E-state index is 10.8. The van der Waals surface area contributed by atoms with Gasteiger partial charge in [-0.2, -0.15) is 0 Å². The van der Waals surface area contributed by atoms with Crippen molar-refractivity contribution in [2.45, 2.75) is 33.6 Å². The van der Waals surface area contributed by atoms with Crippen LogP contribution in [0.15, 0.2) is 22.6 Å². The molecule has 0 spiro atoms. The van der Waals surface area contributed by atoms with Gasteiger partial charge in [-0.3, -0.25) is 4.79 Å². The van der Waals surface area contributed by atoms with Gasteiger partial charge in [0.1, 0.15) is 5.52 Å². The molecule has 2 rings (SSSR count). The first kappa shape index (κ1) is 12.6. The maximum Gasteiger partial charge on any atom is 0.303 e. The number of rotatable bonds is 4. The molecule has 4 nitrogen and oxygen atoms in total. The molecule has 0 amide bonds. The van der Waals surface area contributed by atoms with Crippen LogP contribution in [-0.2, 0) is 11.2 Å². The van der Waals surface area contributed by atoms with E-state index in [0.717, 1.165) is 16.7 Å². The molecule has 1 aromatic heterocycles. The smallest absolute Gasteiger partial charge is 0.303 e. The summed E-state index contributed by atoms with van der Waals surface area (Å²) < 4.78 is 5.48. The van der Waals surface area contributed by atoms with E-state index in [4.69, 9.17) is 9.52 Å². The Kier molecular flexibility index (Phi) is 3.11. The highest BCUT2D eigenvalue weighted by atomic mass is 16.4. The Hall–Kier alpha value is -1.84. The molecule has 18 heavy (non-hydrogen) atoms. The lowest BCUT2D eigenvalue weighted by atomic mass is 9.83. The van der Waals surface area contributed by atoms with Gasteiger partial charge in [0.15, 0.2) is 11.5 Å². The molecule has 0 saturated heterocycles. The minimum absolute atomic E-state index is 0.153. The van der Waals surface area contributed by atoms with E-state index in [1.54, 1.807) is 0 Å². The monoisotopic (exact) mass is 247 g/mol. The van der Waals surface area contributed by atoms with Gasteiger partial charge in [0.05, 0.1) is 6.42 Å². The first-order valence-corrected chi connectivity index (χ1v) is 5.94. The number of nitrogens with zero attached hydrogens (tertiary/aromatic N) is 1. The van der Waals surface area contributed by atoms with Crippen molar-refractivity contribution in [2.75, 3.05) is 0 Å². The van der Waals surface area contributed by atoms with Gasteiger partial charge in [-0.05, 0) is 29.5 Å². The summed E-state index contributed by atoms with van der Waals surface area (Å²) in [5.41, 5.74) is 2.41. The second-order valence-corrected chi connectivity index (χ2v) is 5.45. The fraction of sp³-hybridized carbons (Fsp3) is 0.429. The lowest BCUT2D eigenvalue weighted by Crippen LogP contribution is -2.19. The van der Waals surface area contributed by atoms with Crippen molar-refractivity contribution in [2.24, 2.45) is 5.41 Å². The average Bonchev–Trinajstić information content (AvgIpc) is 2.54. The van der Waals surface area contributed by atoms with Gasteiger partial charge in [-0.1, -0.05) is 19.9 Å². The quantitative estimate of drug-likeness (QED) is 0.901. The van der Waals surface area contributed by atoms with Crippen LogP contribution in [0.5, 0.6) is 0 Å². The highest BCUT2D eigenvalue weighted by molar-refractivity contribution is 5.73. The van der Waals surface area contributed by atoms with Crippen LogP contribution in [0.25, 0.3) is 11.1 Å². The summed E-state index contributed by atoms with van der Waals surface area (Å²) in [5, 5.41) is 8.87. The highest BCUT2D eigenvalue weighted by Gasteiger charge is 2.22. The second kappa shape index (κ2) is 4.44. The molecular formula is C14H17NO3. The summed E-state index contributed by atoms with van der Waals surface area (Å²) in [5.74, 6) is -0.122. The number of aryl methyl sites for hydroxylation is 1. The fourth-order valence-electron chi connectivity index (χ4n) is 2.22. The van der Waals surface area contributed by atoms with E-state index in [2.05, 4.69) is 4.98 Å². The van der Waals surface area contributed by atoms with Crippen molar-refractivity contribution in [3.05, 3.63) is 29.7 Å². The molecule has 1 heterocycles. The molecule has 0 unspecified atom stereocenters. The Morgan fingerprint density at radius 2 is 2.17 bits per heavy atom. The van der Waals surface area contributed by atoms with Gasteiger partial charge in [0, 0.05) is 6.92 Å². The summed E-state index contributed by atoms with van der Waals surface area (Å²) in [4.78, 5) is 15.0. The number of aliphatic carboxylic acids is 1. The van der Waals surface area contributed by atoms with E-state index < -0.39 is 5.97 Å². The van der Waals surface area contributed by atoms with Crippen molar-refractivity contribution in [1.29, 1.82) is 0 Å². The Morgan fingerprint density at radius 1 is 1.44 bits per heavy atom. The predicted molar refractivity (Wildman–Crippen MR) is 68.5 cm³/mol. The molecule has 0 aliphatic rings. The number of carbonyl (C=O) groups is 1. The molecule has 0 radical (unpaired) electrons. The highest BCUT2D eigenvalue weighted by Crippen LogP contribution is 2.27. The topological polar surface area (TPSA) is 63.3 Å². The van der Waals surface area contributed by atoms with Crippen molar-refractivity contribution in [3.63, 3.8) is 0 Å². The van der Waals surface area contributed by atoms with E-state index in [9.17, 15) is 4.79 Å². The third-order valence-electron chi connectivity index (χ3n) is 2.87. The molecule has 2 aromatic rings. The summed E-state index contributed by atoms with van der Waals surface area (Å²) in [7, 11) is 0. The number of hydrogen-bond donors (Lipinski definition) is 1. The van der Waals surface area contributed by atoms with Crippen molar-refractivity contribution in [3.8, 4) is 0 Å². The number of carboxylic acids is 1. The van der Waals surface area contributed by atoms with Crippen molar-refractivity contribution in [1.82, 2.24) is 4.98 Å². The SMILES string of the molecule is Cc1nc2ccc(CC(C)(C)CC(=O)O)cc2o1. The summed E-state index contributed by atoms with van der Waals surface area (Å²) >= 11 is 0. The lowest BCUT2D eigenvalue weighted by Gasteiger charge is -2.22. The van der Waals surface area contributed by atoms with E-state index in [1.807, 2.05) is 39.0 Å². The van der Waals surface area contributed by atoms with E-state index in [1.165, 1.54) is 0 Å². The number of oxazole rings is 1. The van der Waals surface area contributed by atoms with E-state index >= 15 is 0 Å². The molecular weight excluding hydrogens is 230 g/mol. The molecule has 0 aliphatic heterocycles. The molecule has 1 aromatic carbocycles. The molecule has 0 aliphatic carbocycles. The normalized spacial score (nSPS) is 11.9. The number of hydrogen-bond acceptors (Lipinski definition) is 3. The third-order valence-corrected chi connectivity index (χ3v) is 2.87.